The van der Waals surface area contributed by atoms with Gasteiger partial charge in [0, 0.05) is 25.2 Å². The average molecular weight is 594 g/mol. The van der Waals surface area contributed by atoms with Gasteiger partial charge in [0.2, 0.25) is 0 Å². The van der Waals surface area contributed by atoms with Crippen LogP contribution < -0.4 is 26.5 Å². The first kappa shape index (κ1) is 28.4. The van der Waals surface area contributed by atoms with Crippen LogP contribution in [-0.4, -0.2) is 75.7 Å². The number of halogens is 4. The maximum Gasteiger partial charge on any atom is 0.414 e. The fourth-order valence-corrected chi connectivity index (χ4v) is 4.83. The summed E-state index contributed by atoms with van der Waals surface area (Å²) in [5, 5.41) is 11.0. The Morgan fingerprint density at radius 2 is 1.50 bits per heavy atom. The zero-order chi connectivity index (χ0) is 30.3. The number of ether oxygens (including phenoxy) is 1. The van der Waals surface area contributed by atoms with Crippen LogP contribution in [0.2, 0.25) is 0 Å². The van der Waals surface area contributed by atoms with Gasteiger partial charge in [0.05, 0.1) is 43.1 Å². The first-order valence-electron chi connectivity index (χ1n) is 12.5. The molecule has 222 valence electrons. The predicted octanol–water partition coefficient (Wildman–Crippen LogP) is 1.00. The molecule has 0 aliphatic carbocycles. The van der Waals surface area contributed by atoms with Gasteiger partial charge in [0.15, 0.2) is 11.6 Å². The summed E-state index contributed by atoms with van der Waals surface area (Å²) < 4.78 is 63.4. The Morgan fingerprint density at radius 3 is 2.02 bits per heavy atom. The number of carbonyl (C=O) groups excluding carboxylic acids is 2. The van der Waals surface area contributed by atoms with Crippen molar-refractivity contribution < 1.29 is 41.8 Å². The Balaban J connectivity index is 1.32. The number of carboxylic acids is 1. The summed E-state index contributed by atoms with van der Waals surface area (Å²) in [5.41, 5.74) is -1.95. The van der Waals surface area contributed by atoms with Crippen LogP contribution in [0.5, 0.6) is 0 Å². The van der Waals surface area contributed by atoms with Crippen LogP contribution in [-0.2, 0) is 22.6 Å². The van der Waals surface area contributed by atoms with Gasteiger partial charge in [-0.05, 0) is 24.3 Å². The second kappa shape index (κ2) is 11.1. The van der Waals surface area contributed by atoms with E-state index in [1.807, 2.05) is 5.32 Å². The number of anilines is 2. The number of nitrogens with one attached hydrogen (secondary N) is 1. The number of aromatic nitrogens is 3. The molecule has 2 aromatic carbocycles. The molecule has 1 atom stereocenters. The summed E-state index contributed by atoms with van der Waals surface area (Å²) in [7, 11) is 0. The van der Waals surface area contributed by atoms with Gasteiger partial charge < -0.3 is 20.1 Å². The van der Waals surface area contributed by atoms with E-state index in [1.165, 1.54) is 29.2 Å². The molecular formula is C25H22F4N6O7. The molecule has 0 saturated carbocycles. The molecule has 3 aromatic rings. The lowest BCUT2D eigenvalue weighted by Gasteiger charge is -2.24. The van der Waals surface area contributed by atoms with Crippen molar-refractivity contribution in [1.29, 1.82) is 0 Å². The summed E-state index contributed by atoms with van der Waals surface area (Å²) in [6.07, 6.45) is -5.27. The molecule has 0 radical (unpaired) electrons. The van der Waals surface area contributed by atoms with Gasteiger partial charge in [-0.3, -0.25) is 9.69 Å². The van der Waals surface area contributed by atoms with E-state index < -0.39 is 65.7 Å². The van der Waals surface area contributed by atoms with E-state index in [4.69, 9.17) is 9.84 Å². The number of hydrogen-bond donors (Lipinski definition) is 2. The monoisotopic (exact) mass is 594 g/mol. The SMILES string of the molecule is O=C(O)c1ccc(-n2c(=O)n3n(c2=O)CCN(c2c(F)cc(N4C[C@H](CNC(=O)C(F)F)OC4=O)cc2F)CC3)cc1. The number of rotatable bonds is 7. The average Bonchev–Trinajstić information content (AvgIpc) is 3.32. The molecule has 3 heterocycles. The maximum absolute atomic E-state index is 15.3. The van der Waals surface area contributed by atoms with Crippen molar-refractivity contribution in [3.05, 3.63) is 74.6 Å². The highest BCUT2D eigenvalue weighted by Crippen LogP contribution is 2.31. The van der Waals surface area contributed by atoms with Crippen LogP contribution >= 0.6 is 0 Å². The number of cyclic esters (lactones) is 1. The van der Waals surface area contributed by atoms with E-state index in [-0.39, 0.29) is 49.7 Å². The Bertz CT molecular complexity index is 1620. The Labute approximate surface area is 232 Å². The first-order chi connectivity index (χ1) is 20.0. The molecular weight excluding hydrogens is 572 g/mol. The molecule has 0 unspecified atom stereocenters. The van der Waals surface area contributed by atoms with Crippen LogP contribution in [0, 0.1) is 11.6 Å². The van der Waals surface area contributed by atoms with Crippen molar-refractivity contribution in [2.75, 3.05) is 36.0 Å². The third kappa shape index (κ3) is 5.19. The summed E-state index contributed by atoms with van der Waals surface area (Å²) >= 11 is 0. The molecule has 42 heavy (non-hydrogen) atoms. The van der Waals surface area contributed by atoms with Crippen LogP contribution in [0.1, 0.15) is 10.4 Å². The number of alkyl halides is 2. The number of hydrogen-bond acceptors (Lipinski definition) is 7. The Kier molecular flexibility index (Phi) is 7.49. The van der Waals surface area contributed by atoms with E-state index in [9.17, 15) is 32.8 Å². The zero-order valence-electron chi connectivity index (χ0n) is 21.5. The van der Waals surface area contributed by atoms with E-state index in [2.05, 4.69) is 0 Å². The van der Waals surface area contributed by atoms with Crippen molar-refractivity contribution in [2.24, 2.45) is 0 Å². The molecule has 17 heteroatoms. The summed E-state index contributed by atoms with van der Waals surface area (Å²) in [5.74, 6) is -4.80. The number of aromatic carboxylic acids is 1. The lowest BCUT2D eigenvalue weighted by molar-refractivity contribution is -0.132. The number of fused-ring (bicyclic) bond motifs is 1. The molecule has 13 nitrogen and oxygen atoms in total. The third-order valence-corrected chi connectivity index (χ3v) is 6.86. The minimum absolute atomic E-state index is 0.0295. The van der Waals surface area contributed by atoms with Crippen molar-refractivity contribution in [3.8, 4) is 5.69 Å². The number of nitrogens with zero attached hydrogens (tertiary/aromatic N) is 5. The first-order valence-corrected chi connectivity index (χ1v) is 12.5. The van der Waals surface area contributed by atoms with Gasteiger partial charge >= 0.3 is 29.9 Å². The molecule has 5 rings (SSSR count). The van der Waals surface area contributed by atoms with Crippen LogP contribution in [0.15, 0.2) is 46.0 Å². The second-order valence-electron chi connectivity index (χ2n) is 9.41. The van der Waals surface area contributed by atoms with Gasteiger partial charge in [-0.15, -0.1) is 0 Å². The highest BCUT2D eigenvalue weighted by molar-refractivity contribution is 5.90. The van der Waals surface area contributed by atoms with Gasteiger partial charge in [0.1, 0.15) is 11.8 Å². The molecule has 1 aromatic heterocycles. The van der Waals surface area contributed by atoms with Gasteiger partial charge in [-0.1, -0.05) is 0 Å². The van der Waals surface area contributed by atoms with Crippen LogP contribution in [0.4, 0.5) is 33.7 Å². The van der Waals surface area contributed by atoms with Crippen molar-refractivity contribution in [1.82, 2.24) is 19.2 Å². The Morgan fingerprint density at radius 1 is 0.929 bits per heavy atom. The second-order valence-corrected chi connectivity index (χ2v) is 9.41. The van der Waals surface area contributed by atoms with Crippen molar-refractivity contribution >= 4 is 29.3 Å². The third-order valence-electron chi connectivity index (χ3n) is 6.86. The summed E-state index contributed by atoms with van der Waals surface area (Å²) in [6, 6.07) is 6.94. The van der Waals surface area contributed by atoms with E-state index in [0.717, 1.165) is 31.0 Å². The van der Waals surface area contributed by atoms with E-state index in [1.54, 1.807) is 0 Å². The normalized spacial score (nSPS) is 16.8. The molecule has 2 N–H and O–H groups in total. The fraction of sp³-hybridized carbons (Fsp3) is 0.320. The fourth-order valence-electron chi connectivity index (χ4n) is 4.83. The zero-order valence-corrected chi connectivity index (χ0v) is 21.5. The topological polar surface area (TPSA) is 148 Å². The number of carbonyl (C=O) groups is 3. The molecule has 1 saturated heterocycles. The highest BCUT2D eigenvalue weighted by Gasteiger charge is 2.34. The number of amides is 2. The van der Waals surface area contributed by atoms with E-state index >= 15 is 8.78 Å². The Hall–Kier alpha value is -5.09. The highest BCUT2D eigenvalue weighted by atomic mass is 19.3. The molecule has 2 aliphatic heterocycles. The predicted molar refractivity (Wildman–Crippen MR) is 136 cm³/mol. The lowest BCUT2D eigenvalue weighted by atomic mass is 10.2. The summed E-state index contributed by atoms with van der Waals surface area (Å²) in [4.78, 5) is 62.7. The summed E-state index contributed by atoms with van der Waals surface area (Å²) in [6.45, 7) is -1.02. The molecule has 1 fully saturated rings. The maximum atomic E-state index is 15.3. The van der Waals surface area contributed by atoms with Gasteiger partial charge in [0.25, 0.3) is 5.91 Å². The quantitative estimate of drug-likeness (QED) is 0.385. The number of carboxylic acid groups (broad SMARTS) is 1. The minimum Gasteiger partial charge on any atom is -0.478 e. The smallest absolute Gasteiger partial charge is 0.414 e. The van der Waals surface area contributed by atoms with Crippen molar-refractivity contribution in [3.63, 3.8) is 0 Å². The van der Waals surface area contributed by atoms with Crippen LogP contribution in [0.3, 0.4) is 0 Å². The van der Waals surface area contributed by atoms with E-state index in [0.29, 0.717) is 0 Å². The molecule has 2 amide bonds. The lowest BCUT2D eigenvalue weighted by Crippen LogP contribution is -2.37. The van der Waals surface area contributed by atoms with Crippen molar-refractivity contribution in [2.45, 2.75) is 25.6 Å². The van der Waals surface area contributed by atoms with Gasteiger partial charge in [-0.25, -0.2) is 41.9 Å². The standard InChI is InChI=1S/C25H22F4N6O7/c26-17-9-15(32-12-16(42-25(32)41)11-30-21(36)20(28)29)10-18(27)19(17)31-5-7-33-23(39)35(24(40)34(33)8-6-31)14-3-1-13(2-4-14)22(37)38/h1-4,9-10,16,20H,5-8,11-12H2,(H,30,36)(H,37,38)/t16-/m0/s1. The molecule has 0 bridgehead atoms. The molecule has 0 spiro atoms. The largest absolute Gasteiger partial charge is 0.478 e. The number of benzene rings is 2. The van der Waals surface area contributed by atoms with Crippen LogP contribution in [0.25, 0.3) is 5.69 Å². The minimum atomic E-state index is -3.26. The molecule has 2 aliphatic rings. The van der Waals surface area contributed by atoms with Gasteiger partial charge in [-0.2, -0.15) is 8.78 Å².